The van der Waals surface area contributed by atoms with Crippen LogP contribution < -0.4 is 15.5 Å². The van der Waals surface area contributed by atoms with Gasteiger partial charge in [0, 0.05) is 18.5 Å². The van der Waals surface area contributed by atoms with E-state index >= 15 is 0 Å². The van der Waals surface area contributed by atoms with Crippen LogP contribution >= 0.6 is 11.3 Å². The van der Waals surface area contributed by atoms with Crippen LogP contribution in [0.15, 0.2) is 29.6 Å². The Hall–Kier alpha value is -2.41. The summed E-state index contributed by atoms with van der Waals surface area (Å²) in [5, 5.41) is 8.30. The first kappa shape index (κ1) is 17.4. The molecule has 6 nitrogen and oxygen atoms in total. The molecule has 1 saturated heterocycles. The van der Waals surface area contributed by atoms with Gasteiger partial charge in [0.25, 0.3) is 0 Å². The van der Waals surface area contributed by atoms with Crippen LogP contribution in [0.1, 0.15) is 36.2 Å². The van der Waals surface area contributed by atoms with Gasteiger partial charge in [-0.2, -0.15) is 0 Å². The second kappa shape index (κ2) is 7.65. The van der Waals surface area contributed by atoms with Crippen molar-refractivity contribution in [2.75, 3.05) is 18.0 Å². The molecule has 2 heterocycles. The second-order valence-electron chi connectivity index (χ2n) is 6.12. The van der Waals surface area contributed by atoms with E-state index in [0.717, 1.165) is 12.0 Å². The Balaban J connectivity index is 1.61. The minimum absolute atomic E-state index is 0.00411. The largest absolute Gasteiger partial charge is 0.349 e. The number of amides is 3. The third-order valence-electron chi connectivity index (χ3n) is 4.19. The van der Waals surface area contributed by atoms with Gasteiger partial charge in [0.2, 0.25) is 5.91 Å². The summed E-state index contributed by atoms with van der Waals surface area (Å²) >= 11 is 1.39. The van der Waals surface area contributed by atoms with E-state index < -0.39 is 0 Å². The number of aryl methyl sites for hydroxylation is 1. The number of urea groups is 1. The Kier molecular flexibility index (Phi) is 5.33. The van der Waals surface area contributed by atoms with Crippen molar-refractivity contribution in [1.29, 1.82) is 0 Å². The van der Waals surface area contributed by atoms with Crippen molar-refractivity contribution in [2.45, 2.75) is 32.7 Å². The van der Waals surface area contributed by atoms with Gasteiger partial charge < -0.3 is 10.6 Å². The third-order valence-corrected chi connectivity index (χ3v) is 5.10. The highest BCUT2D eigenvalue weighted by Gasteiger charge is 2.24. The number of hydrogen-bond donors (Lipinski definition) is 2. The minimum Gasteiger partial charge on any atom is -0.349 e. The molecular formula is C18H22N4O2S. The first-order valence-corrected chi connectivity index (χ1v) is 9.30. The van der Waals surface area contributed by atoms with Crippen molar-refractivity contribution in [3.05, 3.63) is 46.5 Å². The van der Waals surface area contributed by atoms with Crippen LogP contribution in [0.2, 0.25) is 0 Å². The van der Waals surface area contributed by atoms with Crippen LogP contribution in [0.3, 0.4) is 0 Å². The molecule has 1 unspecified atom stereocenters. The molecule has 7 heteroatoms. The Morgan fingerprint density at radius 2 is 2.16 bits per heavy atom. The average Bonchev–Trinajstić information content (AvgIpc) is 3.22. The highest BCUT2D eigenvalue weighted by molar-refractivity contribution is 7.14. The molecule has 25 heavy (non-hydrogen) atoms. The standard InChI is InChI=1S/C18H22N4O2S/c1-3-15(13-6-4-12(2)5-7-13)21-16(23)10-14-11-25-18(20-14)22-9-8-19-17(22)24/h4-7,11,15H,3,8-10H2,1-2H3,(H,19,24)(H,21,23). The Bertz CT molecular complexity index is 757. The fourth-order valence-corrected chi connectivity index (χ4v) is 3.63. The number of aromatic nitrogens is 1. The fraction of sp³-hybridized carbons (Fsp3) is 0.389. The van der Waals surface area contributed by atoms with Crippen molar-refractivity contribution in [3.63, 3.8) is 0 Å². The second-order valence-corrected chi connectivity index (χ2v) is 6.96. The van der Waals surface area contributed by atoms with Crippen LogP contribution in [0.25, 0.3) is 0 Å². The number of carbonyl (C=O) groups excluding carboxylic acids is 2. The highest BCUT2D eigenvalue weighted by atomic mass is 32.1. The van der Waals surface area contributed by atoms with Crippen molar-refractivity contribution >= 4 is 28.4 Å². The minimum atomic E-state index is -0.129. The summed E-state index contributed by atoms with van der Waals surface area (Å²) in [6.07, 6.45) is 1.04. The lowest BCUT2D eigenvalue weighted by atomic mass is 10.0. The van der Waals surface area contributed by atoms with Crippen molar-refractivity contribution < 1.29 is 9.59 Å². The van der Waals surface area contributed by atoms with Crippen LogP contribution in [0.4, 0.5) is 9.93 Å². The van der Waals surface area contributed by atoms with E-state index in [4.69, 9.17) is 0 Å². The monoisotopic (exact) mass is 358 g/mol. The first-order chi connectivity index (χ1) is 12.1. The maximum Gasteiger partial charge on any atom is 0.323 e. The summed E-state index contributed by atoms with van der Waals surface area (Å²) in [6, 6.07) is 8.08. The highest BCUT2D eigenvalue weighted by Crippen LogP contribution is 2.23. The van der Waals surface area contributed by atoms with E-state index in [1.54, 1.807) is 4.90 Å². The van der Waals surface area contributed by atoms with E-state index in [0.29, 0.717) is 23.9 Å². The molecule has 2 N–H and O–H groups in total. The van der Waals surface area contributed by atoms with Gasteiger partial charge in [-0.1, -0.05) is 36.8 Å². The molecule has 0 aliphatic carbocycles. The molecular weight excluding hydrogens is 336 g/mol. The Morgan fingerprint density at radius 3 is 2.80 bits per heavy atom. The SMILES string of the molecule is CCC(NC(=O)Cc1csc(N2CCNC2=O)n1)c1ccc(C)cc1. The number of benzene rings is 1. The molecule has 1 aromatic carbocycles. The summed E-state index contributed by atoms with van der Waals surface area (Å²) in [4.78, 5) is 30.1. The number of anilines is 1. The van der Waals surface area contributed by atoms with Gasteiger partial charge in [-0.05, 0) is 18.9 Å². The Labute approximate surface area is 151 Å². The van der Waals surface area contributed by atoms with E-state index in [1.165, 1.54) is 16.9 Å². The third kappa shape index (κ3) is 4.17. The molecule has 2 aromatic rings. The van der Waals surface area contributed by atoms with Gasteiger partial charge in [0.1, 0.15) is 0 Å². The number of thiazole rings is 1. The topological polar surface area (TPSA) is 74.3 Å². The predicted octanol–water partition coefficient (Wildman–Crippen LogP) is 2.79. The smallest absolute Gasteiger partial charge is 0.323 e. The zero-order valence-corrected chi connectivity index (χ0v) is 15.2. The summed E-state index contributed by atoms with van der Waals surface area (Å²) < 4.78 is 0. The molecule has 1 aromatic heterocycles. The van der Waals surface area contributed by atoms with Gasteiger partial charge in [0.05, 0.1) is 18.2 Å². The molecule has 3 amide bonds. The summed E-state index contributed by atoms with van der Waals surface area (Å²) in [6.45, 7) is 5.34. The molecule has 1 aliphatic heterocycles. The van der Waals surface area contributed by atoms with Gasteiger partial charge in [0.15, 0.2) is 5.13 Å². The molecule has 0 radical (unpaired) electrons. The molecule has 1 fully saturated rings. The normalized spacial score (nSPS) is 15.1. The fourth-order valence-electron chi connectivity index (χ4n) is 2.79. The molecule has 1 atom stereocenters. The predicted molar refractivity (Wildman–Crippen MR) is 98.9 cm³/mol. The van der Waals surface area contributed by atoms with Crippen LogP contribution in [-0.2, 0) is 11.2 Å². The molecule has 132 valence electrons. The van der Waals surface area contributed by atoms with Gasteiger partial charge in [-0.15, -0.1) is 11.3 Å². The van der Waals surface area contributed by atoms with E-state index in [1.807, 2.05) is 12.3 Å². The zero-order valence-electron chi connectivity index (χ0n) is 14.4. The first-order valence-electron chi connectivity index (χ1n) is 8.42. The number of nitrogens with one attached hydrogen (secondary N) is 2. The van der Waals surface area contributed by atoms with Crippen LogP contribution in [0.5, 0.6) is 0 Å². The number of nitrogens with zero attached hydrogens (tertiary/aromatic N) is 2. The molecule has 0 spiro atoms. The lowest BCUT2D eigenvalue weighted by Gasteiger charge is -2.17. The molecule has 0 bridgehead atoms. The lowest BCUT2D eigenvalue weighted by molar-refractivity contribution is -0.121. The number of rotatable bonds is 6. The quantitative estimate of drug-likeness (QED) is 0.834. The summed E-state index contributed by atoms with van der Waals surface area (Å²) in [7, 11) is 0. The zero-order chi connectivity index (χ0) is 17.8. The summed E-state index contributed by atoms with van der Waals surface area (Å²) in [5.74, 6) is -0.0600. The van der Waals surface area contributed by atoms with E-state index in [-0.39, 0.29) is 24.4 Å². The van der Waals surface area contributed by atoms with Gasteiger partial charge >= 0.3 is 6.03 Å². The van der Waals surface area contributed by atoms with E-state index in [2.05, 4.69) is 46.8 Å². The van der Waals surface area contributed by atoms with Gasteiger partial charge in [-0.25, -0.2) is 9.78 Å². The molecule has 1 aliphatic rings. The molecule has 0 saturated carbocycles. The van der Waals surface area contributed by atoms with Crippen molar-refractivity contribution in [2.24, 2.45) is 0 Å². The van der Waals surface area contributed by atoms with Crippen molar-refractivity contribution in [3.8, 4) is 0 Å². The lowest BCUT2D eigenvalue weighted by Crippen LogP contribution is -2.30. The summed E-state index contributed by atoms with van der Waals surface area (Å²) in [5.41, 5.74) is 3.00. The number of hydrogen-bond acceptors (Lipinski definition) is 4. The molecule has 3 rings (SSSR count). The maximum atomic E-state index is 12.4. The van der Waals surface area contributed by atoms with E-state index in [9.17, 15) is 9.59 Å². The Morgan fingerprint density at radius 1 is 1.40 bits per heavy atom. The van der Waals surface area contributed by atoms with Crippen LogP contribution in [0, 0.1) is 6.92 Å². The average molecular weight is 358 g/mol. The maximum absolute atomic E-state index is 12.4. The van der Waals surface area contributed by atoms with Crippen LogP contribution in [-0.4, -0.2) is 30.0 Å². The van der Waals surface area contributed by atoms with Gasteiger partial charge in [-0.3, -0.25) is 9.69 Å². The van der Waals surface area contributed by atoms with Crippen molar-refractivity contribution in [1.82, 2.24) is 15.6 Å². The number of carbonyl (C=O) groups is 2.